The van der Waals surface area contributed by atoms with E-state index < -0.39 is 24.2 Å². The van der Waals surface area contributed by atoms with Crippen LogP contribution in [-0.4, -0.2) is 46.1 Å². The number of carbonyl (C=O) groups is 1. The molecule has 0 aliphatic carbocycles. The lowest BCUT2D eigenvalue weighted by Gasteiger charge is -2.21. The van der Waals surface area contributed by atoms with Crippen LogP contribution in [0.1, 0.15) is 213 Å². The van der Waals surface area contributed by atoms with Crippen molar-refractivity contribution in [3.05, 3.63) is 36.5 Å². The van der Waals surface area contributed by atoms with Gasteiger partial charge in [0.2, 0.25) is 5.91 Å². The molecule has 1 amide bonds. The second kappa shape index (κ2) is 39.4. The molecule has 4 N–H and O–H groups in total. The zero-order valence-electron chi connectivity index (χ0n) is 32.6. The van der Waals surface area contributed by atoms with Gasteiger partial charge in [0, 0.05) is 0 Å². The normalized spacial score (nSPS) is 14.0. The molecule has 49 heavy (non-hydrogen) atoms. The number of hydrogen-bond donors (Lipinski definition) is 4. The highest BCUT2D eigenvalue weighted by Gasteiger charge is 2.22. The molecule has 0 aromatic heterocycles. The Morgan fingerprint density at radius 3 is 1.29 bits per heavy atom. The molecule has 0 aromatic carbocycles. The molecule has 0 bridgehead atoms. The predicted octanol–water partition coefficient (Wildman–Crippen LogP) is 12.0. The number of rotatable bonds is 38. The number of aliphatic hydroxyl groups is 3. The van der Waals surface area contributed by atoms with Crippen molar-refractivity contribution in [2.24, 2.45) is 0 Å². The van der Waals surface area contributed by atoms with E-state index in [0.29, 0.717) is 6.42 Å². The summed E-state index contributed by atoms with van der Waals surface area (Å²) >= 11 is 0. The molecule has 5 nitrogen and oxygen atoms in total. The molecule has 0 aliphatic rings. The number of unbranched alkanes of at least 4 members (excludes halogenated alkanes) is 27. The highest BCUT2D eigenvalue weighted by Crippen LogP contribution is 2.15. The average Bonchev–Trinajstić information content (AvgIpc) is 3.11. The Labute approximate surface area is 304 Å². The van der Waals surface area contributed by atoms with Gasteiger partial charge in [0.15, 0.2) is 0 Å². The molecule has 3 unspecified atom stereocenters. The van der Waals surface area contributed by atoms with Gasteiger partial charge in [0.1, 0.15) is 6.10 Å². The quantitative estimate of drug-likeness (QED) is 0.0295. The maximum atomic E-state index is 12.4. The molecule has 0 saturated heterocycles. The maximum absolute atomic E-state index is 12.4. The van der Waals surface area contributed by atoms with E-state index in [4.69, 9.17) is 0 Å². The van der Waals surface area contributed by atoms with Gasteiger partial charge in [-0.25, -0.2) is 0 Å². The largest absolute Gasteiger partial charge is 0.394 e. The lowest BCUT2D eigenvalue weighted by molar-refractivity contribution is -0.131. The minimum atomic E-state index is -1.11. The van der Waals surface area contributed by atoms with E-state index >= 15 is 0 Å². The number of allylic oxidation sites excluding steroid dienone is 5. The van der Waals surface area contributed by atoms with Crippen LogP contribution in [0.2, 0.25) is 0 Å². The molecule has 0 rings (SSSR count). The number of carbonyl (C=O) groups excluding carboxylic acids is 1. The smallest absolute Gasteiger partial charge is 0.249 e. The van der Waals surface area contributed by atoms with Crippen molar-refractivity contribution < 1.29 is 20.1 Å². The van der Waals surface area contributed by atoms with Gasteiger partial charge in [-0.2, -0.15) is 0 Å². The average molecular weight is 690 g/mol. The van der Waals surface area contributed by atoms with E-state index in [1.165, 1.54) is 141 Å². The number of amides is 1. The van der Waals surface area contributed by atoms with Crippen molar-refractivity contribution in [2.75, 3.05) is 6.61 Å². The molecule has 0 saturated carbocycles. The molecule has 288 valence electrons. The van der Waals surface area contributed by atoms with Gasteiger partial charge in [0.25, 0.3) is 0 Å². The molecule has 0 spiro atoms. The van der Waals surface area contributed by atoms with Gasteiger partial charge in [-0.1, -0.05) is 204 Å². The van der Waals surface area contributed by atoms with E-state index in [1.807, 2.05) is 6.08 Å². The molecule has 0 heterocycles. The van der Waals surface area contributed by atoms with Crippen molar-refractivity contribution in [1.29, 1.82) is 0 Å². The van der Waals surface area contributed by atoms with Crippen molar-refractivity contribution >= 4 is 5.91 Å². The van der Waals surface area contributed by atoms with Gasteiger partial charge in [-0.3, -0.25) is 4.79 Å². The van der Waals surface area contributed by atoms with Crippen LogP contribution in [0.4, 0.5) is 0 Å². The third kappa shape index (κ3) is 34.8. The number of nitrogens with one attached hydrogen (secondary N) is 1. The van der Waals surface area contributed by atoms with Crippen LogP contribution in [0.3, 0.4) is 0 Å². The first-order chi connectivity index (χ1) is 24.1. The topological polar surface area (TPSA) is 89.8 Å². The summed E-state index contributed by atoms with van der Waals surface area (Å²) < 4.78 is 0. The van der Waals surface area contributed by atoms with E-state index in [1.54, 1.807) is 6.08 Å². The first-order valence-corrected chi connectivity index (χ1v) is 21.3. The molecule has 0 radical (unpaired) electrons. The Morgan fingerprint density at radius 2 is 0.857 bits per heavy atom. The fourth-order valence-electron chi connectivity index (χ4n) is 6.35. The third-order valence-corrected chi connectivity index (χ3v) is 9.75. The van der Waals surface area contributed by atoms with E-state index in [-0.39, 0.29) is 6.61 Å². The summed E-state index contributed by atoms with van der Waals surface area (Å²) in [4.78, 5) is 12.4. The van der Waals surface area contributed by atoms with Crippen LogP contribution in [0, 0.1) is 0 Å². The lowest BCUT2D eigenvalue weighted by atomic mass is 10.0. The Hall–Kier alpha value is -1.43. The second-order valence-electron chi connectivity index (χ2n) is 14.6. The van der Waals surface area contributed by atoms with Crippen LogP contribution < -0.4 is 5.32 Å². The first-order valence-electron chi connectivity index (χ1n) is 21.3. The summed E-state index contributed by atoms with van der Waals surface area (Å²) in [5.74, 6) is -0.516. The Kier molecular flexibility index (Phi) is 38.2. The van der Waals surface area contributed by atoms with E-state index in [0.717, 1.165) is 51.4 Å². The maximum Gasteiger partial charge on any atom is 0.249 e. The highest BCUT2D eigenvalue weighted by atomic mass is 16.3. The molecule has 0 aromatic rings. The summed E-state index contributed by atoms with van der Waals surface area (Å²) in [6, 6.07) is -0.803. The highest BCUT2D eigenvalue weighted by molar-refractivity contribution is 5.80. The molecule has 0 aliphatic heterocycles. The minimum Gasteiger partial charge on any atom is -0.394 e. The van der Waals surface area contributed by atoms with Gasteiger partial charge in [-0.15, -0.1) is 0 Å². The first kappa shape index (κ1) is 47.6. The minimum absolute atomic E-state index is 0.369. The zero-order chi connectivity index (χ0) is 35.9. The summed E-state index contributed by atoms with van der Waals surface area (Å²) in [7, 11) is 0. The summed E-state index contributed by atoms with van der Waals surface area (Å²) in [6.45, 7) is 4.14. The van der Waals surface area contributed by atoms with Crippen LogP contribution in [0.25, 0.3) is 0 Å². The second-order valence-corrected chi connectivity index (χ2v) is 14.6. The third-order valence-electron chi connectivity index (χ3n) is 9.75. The molecular formula is C44H83NO4. The van der Waals surface area contributed by atoms with E-state index in [2.05, 4.69) is 43.5 Å². The number of aliphatic hydroxyl groups excluding tert-OH is 3. The molecule has 0 fully saturated rings. The lowest BCUT2D eigenvalue weighted by Crippen LogP contribution is -2.48. The zero-order valence-corrected chi connectivity index (χ0v) is 32.6. The van der Waals surface area contributed by atoms with Crippen molar-refractivity contribution in [3.8, 4) is 0 Å². The van der Waals surface area contributed by atoms with Crippen LogP contribution in [-0.2, 0) is 4.79 Å². The Bertz CT molecular complexity index is 764. The summed E-state index contributed by atoms with van der Waals surface area (Å²) in [5.41, 5.74) is 0. The van der Waals surface area contributed by atoms with Gasteiger partial charge in [-0.05, 0) is 44.9 Å². The van der Waals surface area contributed by atoms with Crippen LogP contribution >= 0.6 is 0 Å². The van der Waals surface area contributed by atoms with Crippen molar-refractivity contribution in [1.82, 2.24) is 5.32 Å². The van der Waals surface area contributed by atoms with Crippen LogP contribution in [0.15, 0.2) is 36.5 Å². The monoisotopic (exact) mass is 690 g/mol. The Balaban J connectivity index is 3.69. The van der Waals surface area contributed by atoms with Gasteiger partial charge >= 0.3 is 0 Å². The van der Waals surface area contributed by atoms with Crippen molar-refractivity contribution in [3.63, 3.8) is 0 Å². The summed E-state index contributed by atoms with van der Waals surface area (Å²) in [5, 5.41) is 33.1. The van der Waals surface area contributed by atoms with Crippen LogP contribution in [0.5, 0.6) is 0 Å². The fourth-order valence-corrected chi connectivity index (χ4v) is 6.35. The van der Waals surface area contributed by atoms with Gasteiger partial charge < -0.3 is 20.6 Å². The number of hydrogen-bond acceptors (Lipinski definition) is 4. The van der Waals surface area contributed by atoms with E-state index in [9.17, 15) is 20.1 Å². The predicted molar refractivity (Wildman–Crippen MR) is 213 cm³/mol. The molecule has 3 atom stereocenters. The van der Waals surface area contributed by atoms with Gasteiger partial charge in [0.05, 0.1) is 18.8 Å². The fraction of sp³-hybridized carbons (Fsp3) is 0.841. The molecular weight excluding hydrogens is 606 g/mol. The molecule has 5 heteroatoms. The SMILES string of the molecule is CCCCC/C=C\C=C/CCCCCCCC(O)C(=O)NC(CO)C(O)/C=C/CCCCCCCCCCCCCCCCCCCCC. The van der Waals surface area contributed by atoms with Crippen molar-refractivity contribution in [2.45, 2.75) is 231 Å². The standard InChI is InChI=1S/C44H83NO4/c1-3-5-7-9-11-13-15-17-19-20-21-22-23-24-25-27-28-30-32-34-36-38-42(47)41(40-46)45-44(49)43(48)39-37-35-33-31-29-26-18-16-14-12-10-8-6-4-2/h12,14,16,18,36,38,41-43,46-48H,3-11,13,15,17,19-35,37,39-40H2,1-2H3,(H,45,49)/b14-12-,18-16-,38-36+. The summed E-state index contributed by atoms with van der Waals surface area (Å²) in [6.07, 6.45) is 48.8. The Morgan fingerprint density at radius 1 is 0.510 bits per heavy atom.